The second-order valence-electron chi connectivity index (χ2n) is 5.62. The molecule has 7 heteroatoms. The standard InChI is InChI=1S/C17H20ClN5O/c1-2-22-7-9-23(10-8-22)16-12-19-15(11-20-16)17(24)21-14-6-4-3-5-13(14)18/h3-6,11-12H,2,7-10H2,1H3,(H,21,24). The van der Waals surface area contributed by atoms with E-state index in [-0.39, 0.29) is 11.6 Å². The zero-order valence-corrected chi connectivity index (χ0v) is 14.3. The van der Waals surface area contributed by atoms with Gasteiger partial charge in [-0.05, 0) is 18.7 Å². The lowest BCUT2D eigenvalue weighted by Crippen LogP contribution is -2.46. The summed E-state index contributed by atoms with van der Waals surface area (Å²) in [6.07, 6.45) is 3.16. The molecule has 1 aromatic heterocycles. The Kier molecular flexibility index (Phi) is 5.27. The minimum absolute atomic E-state index is 0.269. The molecule has 1 aliphatic heterocycles. The number of anilines is 2. The first-order valence-electron chi connectivity index (χ1n) is 8.02. The lowest BCUT2D eigenvalue weighted by molar-refractivity contribution is 0.102. The fourth-order valence-corrected chi connectivity index (χ4v) is 2.83. The molecule has 1 saturated heterocycles. The Bertz CT molecular complexity index is 698. The van der Waals surface area contributed by atoms with Gasteiger partial charge in [0.15, 0.2) is 0 Å². The average molecular weight is 346 g/mol. The molecule has 1 fully saturated rings. The van der Waals surface area contributed by atoms with Gasteiger partial charge in [0.1, 0.15) is 11.5 Å². The summed E-state index contributed by atoms with van der Waals surface area (Å²) in [6, 6.07) is 7.09. The fraction of sp³-hybridized carbons (Fsp3) is 0.353. The first kappa shape index (κ1) is 16.7. The lowest BCUT2D eigenvalue weighted by Gasteiger charge is -2.34. The van der Waals surface area contributed by atoms with Crippen LogP contribution in [0.5, 0.6) is 0 Å². The molecule has 1 N–H and O–H groups in total. The molecule has 6 nitrogen and oxygen atoms in total. The number of carbonyl (C=O) groups excluding carboxylic acids is 1. The van der Waals surface area contributed by atoms with Crippen molar-refractivity contribution in [2.45, 2.75) is 6.92 Å². The Hall–Kier alpha value is -2.18. The summed E-state index contributed by atoms with van der Waals surface area (Å²) in [5.41, 5.74) is 0.830. The Labute approximate surface area is 146 Å². The number of likely N-dealkylation sites (N-methyl/N-ethyl adjacent to an activating group) is 1. The molecule has 1 aromatic carbocycles. The average Bonchev–Trinajstić information content (AvgIpc) is 2.64. The molecule has 126 valence electrons. The van der Waals surface area contributed by atoms with E-state index < -0.39 is 0 Å². The first-order chi connectivity index (χ1) is 11.7. The van der Waals surface area contributed by atoms with Gasteiger partial charge in [0.25, 0.3) is 5.91 Å². The van der Waals surface area contributed by atoms with Gasteiger partial charge in [-0.15, -0.1) is 0 Å². The highest BCUT2D eigenvalue weighted by atomic mass is 35.5. The van der Waals surface area contributed by atoms with Crippen LogP contribution in [0, 0.1) is 0 Å². The molecule has 24 heavy (non-hydrogen) atoms. The predicted molar refractivity (Wildman–Crippen MR) is 95.8 cm³/mol. The molecule has 1 amide bonds. The van der Waals surface area contributed by atoms with Crippen LogP contribution in [0.4, 0.5) is 11.5 Å². The number of hydrogen-bond acceptors (Lipinski definition) is 5. The lowest BCUT2D eigenvalue weighted by atomic mass is 10.3. The van der Waals surface area contributed by atoms with Crippen LogP contribution in [-0.2, 0) is 0 Å². The second kappa shape index (κ2) is 7.59. The number of nitrogens with zero attached hydrogens (tertiary/aromatic N) is 4. The molecule has 0 radical (unpaired) electrons. The number of amides is 1. The molecule has 0 atom stereocenters. The van der Waals surface area contributed by atoms with E-state index in [1.807, 2.05) is 12.1 Å². The number of benzene rings is 1. The van der Waals surface area contributed by atoms with Gasteiger partial charge >= 0.3 is 0 Å². The predicted octanol–water partition coefficient (Wildman–Crippen LogP) is 2.52. The van der Waals surface area contributed by atoms with Crippen molar-refractivity contribution < 1.29 is 4.79 Å². The maximum absolute atomic E-state index is 12.2. The van der Waals surface area contributed by atoms with Crippen LogP contribution < -0.4 is 10.2 Å². The van der Waals surface area contributed by atoms with Gasteiger partial charge in [0.2, 0.25) is 0 Å². The maximum atomic E-state index is 12.2. The topological polar surface area (TPSA) is 61.4 Å². The van der Waals surface area contributed by atoms with Crippen LogP contribution >= 0.6 is 11.6 Å². The van der Waals surface area contributed by atoms with E-state index in [1.165, 1.54) is 6.20 Å². The first-order valence-corrected chi connectivity index (χ1v) is 8.40. The molecule has 0 aliphatic carbocycles. The van der Waals surface area contributed by atoms with E-state index in [1.54, 1.807) is 18.3 Å². The molecular formula is C17H20ClN5O. The van der Waals surface area contributed by atoms with Crippen molar-refractivity contribution in [3.63, 3.8) is 0 Å². The number of rotatable bonds is 4. The third-order valence-corrected chi connectivity index (χ3v) is 4.47. The number of halogens is 1. The number of nitrogens with one attached hydrogen (secondary N) is 1. The van der Waals surface area contributed by atoms with Gasteiger partial charge in [-0.2, -0.15) is 0 Å². The van der Waals surface area contributed by atoms with Crippen molar-refractivity contribution in [3.05, 3.63) is 47.4 Å². The number of carbonyl (C=O) groups is 1. The molecule has 1 aliphatic rings. The van der Waals surface area contributed by atoms with Crippen LogP contribution in [0.15, 0.2) is 36.7 Å². The third kappa shape index (κ3) is 3.83. The minimum atomic E-state index is -0.321. The minimum Gasteiger partial charge on any atom is -0.353 e. The highest BCUT2D eigenvalue weighted by Gasteiger charge is 2.18. The largest absolute Gasteiger partial charge is 0.353 e. The molecular weight excluding hydrogens is 326 g/mol. The number of hydrogen-bond donors (Lipinski definition) is 1. The zero-order valence-electron chi connectivity index (χ0n) is 13.6. The van der Waals surface area contributed by atoms with Gasteiger partial charge in [-0.25, -0.2) is 9.97 Å². The summed E-state index contributed by atoms with van der Waals surface area (Å²) in [7, 11) is 0. The van der Waals surface area contributed by atoms with Gasteiger partial charge in [0.05, 0.1) is 23.1 Å². The zero-order chi connectivity index (χ0) is 16.9. The maximum Gasteiger partial charge on any atom is 0.275 e. The highest BCUT2D eigenvalue weighted by Crippen LogP contribution is 2.21. The SMILES string of the molecule is CCN1CCN(c2cnc(C(=O)Nc3ccccc3Cl)cn2)CC1. The summed E-state index contributed by atoms with van der Waals surface area (Å²) in [5, 5.41) is 3.24. The third-order valence-electron chi connectivity index (χ3n) is 4.14. The second-order valence-corrected chi connectivity index (χ2v) is 6.02. The summed E-state index contributed by atoms with van der Waals surface area (Å²) in [5.74, 6) is 0.484. The summed E-state index contributed by atoms with van der Waals surface area (Å²) in [4.78, 5) is 25.5. The number of para-hydroxylation sites is 1. The Balaban J connectivity index is 1.64. The molecule has 2 heterocycles. The van der Waals surface area contributed by atoms with E-state index in [0.717, 1.165) is 38.5 Å². The van der Waals surface area contributed by atoms with Crippen molar-refractivity contribution in [2.24, 2.45) is 0 Å². The van der Waals surface area contributed by atoms with Crippen molar-refractivity contribution in [1.29, 1.82) is 0 Å². The molecule has 0 bridgehead atoms. The molecule has 0 spiro atoms. The number of aromatic nitrogens is 2. The van der Waals surface area contributed by atoms with Crippen molar-refractivity contribution >= 4 is 29.0 Å². The van der Waals surface area contributed by atoms with E-state index in [0.29, 0.717) is 10.7 Å². The van der Waals surface area contributed by atoms with E-state index >= 15 is 0 Å². The normalized spacial score (nSPS) is 15.3. The van der Waals surface area contributed by atoms with Crippen LogP contribution in [0.1, 0.15) is 17.4 Å². The summed E-state index contributed by atoms with van der Waals surface area (Å²) in [6.45, 7) is 7.13. The Morgan fingerprint density at radius 3 is 2.54 bits per heavy atom. The van der Waals surface area contributed by atoms with E-state index in [2.05, 4.69) is 32.0 Å². The van der Waals surface area contributed by atoms with Crippen molar-refractivity contribution in [3.8, 4) is 0 Å². The van der Waals surface area contributed by atoms with Crippen LogP contribution in [0.2, 0.25) is 5.02 Å². The van der Waals surface area contributed by atoms with Crippen LogP contribution in [-0.4, -0.2) is 53.5 Å². The van der Waals surface area contributed by atoms with Crippen molar-refractivity contribution in [1.82, 2.24) is 14.9 Å². The fourth-order valence-electron chi connectivity index (χ4n) is 2.64. The smallest absolute Gasteiger partial charge is 0.275 e. The quantitative estimate of drug-likeness (QED) is 0.922. The molecule has 0 unspecified atom stereocenters. The Morgan fingerprint density at radius 1 is 1.17 bits per heavy atom. The van der Waals surface area contributed by atoms with Crippen LogP contribution in [0.3, 0.4) is 0 Å². The van der Waals surface area contributed by atoms with E-state index in [9.17, 15) is 4.79 Å². The van der Waals surface area contributed by atoms with Gasteiger partial charge in [0, 0.05) is 26.2 Å². The van der Waals surface area contributed by atoms with Crippen molar-refractivity contribution in [2.75, 3.05) is 42.9 Å². The molecule has 0 saturated carbocycles. The summed E-state index contributed by atoms with van der Waals surface area (Å²) < 4.78 is 0. The van der Waals surface area contributed by atoms with Crippen LogP contribution in [0.25, 0.3) is 0 Å². The van der Waals surface area contributed by atoms with Gasteiger partial charge < -0.3 is 15.1 Å². The van der Waals surface area contributed by atoms with E-state index in [4.69, 9.17) is 11.6 Å². The molecule has 3 rings (SSSR count). The monoisotopic (exact) mass is 345 g/mol. The van der Waals surface area contributed by atoms with Gasteiger partial charge in [-0.3, -0.25) is 4.79 Å². The van der Waals surface area contributed by atoms with Gasteiger partial charge in [-0.1, -0.05) is 30.7 Å². The number of piperazine rings is 1. The molecule has 2 aromatic rings. The summed E-state index contributed by atoms with van der Waals surface area (Å²) >= 11 is 6.04. The Morgan fingerprint density at radius 2 is 1.92 bits per heavy atom. The highest BCUT2D eigenvalue weighted by molar-refractivity contribution is 6.33.